The molecule has 2 amide bonds. The Morgan fingerprint density at radius 3 is 2.70 bits per heavy atom. The molecule has 0 aliphatic carbocycles. The molecule has 9 nitrogen and oxygen atoms in total. The third-order valence-electron chi connectivity index (χ3n) is 5.59. The lowest BCUT2D eigenvalue weighted by molar-refractivity contribution is -0.133. The fourth-order valence-corrected chi connectivity index (χ4v) is 4.25. The van der Waals surface area contributed by atoms with Crippen LogP contribution < -0.4 is 14.4 Å². The number of aliphatic hydroxyl groups is 1. The van der Waals surface area contributed by atoms with Crippen LogP contribution >= 0.6 is 0 Å². The fraction of sp³-hybridized carbons (Fsp3) is 0.458. The van der Waals surface area contributed by atoms with Gasteiger partial charge in [-0.05, 0) is 46.2 Å². The summed E-state index contributed by atoms with van der Waals surface area (Å²) in [5.74, 6) is 1.86. The van der Waals surface area contributed by atoms with E-state index in [2.05, 4.69) is 5.10 Å². The van der Waals surface area contributed by atoms with Gasteiger partial charge in [-0.1, -0.05) is 6.07 Å². The van der Waals surface area contributed by atoms with Crippen LogP contribution in [0.5, 0.6) is 11.5 Å². The molecule has 4 rings (SSSR count). The first-order valence-corrected chi connectivity index (χ1v) is 11.2. The highest BCUT2D eigenvalue weighted by Crippen LogP contribution is 2.31. The van der Waals surface area contributed by atoms with E-state index in [0.29, 0.717) is 42.6 Å². The summed E-state index contributed by atoms with van der Waals surface area (Å²) in [6, 6.07) is 8.29. The summed E-state index contributed by atoms with van der Waals surface area (Å²) in [5, 5.41) is 14.5. The van der Waals surface area contributed by atoms with Crippen molar-refractivity contribution < 1.29 is 24.2 Å². The monoisotopic (exact) mass is 454 g/mol. The number of hydrogen-bond acceptors (Lipinski definition) is 6. The van der Waals surface area contributed by atoms with Crippen molar-refractivity contribution in [2.45, 2.75) is 58.3 Å². The number of benzene rings is 1. The van der Waals surface area contributed by atoms with Gasteiger partial charge in [0.15, 0.2) is 5.82 Å². The second-order valence-electron chi connectivity index (χ2n) is 9.08. The standard InChI is InChI=1S/C24H30N4O5/c1-5-32-17-7-6-8-18(12-17)33-19-13-22(29)27(14-19)20-11-16(2)28(23(20)30)21-9-10-26(25-21)15-24(3,4)31/h6-10,12-13,16,20,31H,5,11,14-15H2,1-4H3/t16?,20-/m0/s1. The third-order valence-corrected chi connectivity index (χ3v) is 5.59. The van der Waals surface area contributed by atoms with Gasteiger partial charge < -0.3 is 19.5 Å². The molecular weight excluding hydrogens is 424 g/mol. The van der Waals surface area contributed by atoms with Gasteiger partial charge in [0, 0.05) is 30.4 Å². The van der Waals surface area contributed by atoms with Crippen LogP contribution in [0.1, 0.15) is 34.1 Å². The van der Waals surface area contributed by atoms with Crippen molar-refractivity contribution in [3.8, 4) is 11.5 Å². The molecule has 0 saturated carbocycles. The van der Waals surface area contributed by atoms with Crippen LogP contribution in [0.2, 0.25) is 0 Å². The number of amides is 2. The van der Waals surface area contributed by atoms with E-state index in [1.807, 2.05) is 26.0 Å². The number of nitrogens with zero attached hydrogens (tertiary/aromatic N) is 4. The summed E-state index contributed by atoms with van der Waals surface area (Å²) < 4.78 is 13.0. The Balaban J connectivity index is 1.43. The average molecular weight is 455 g/mol. The Bertz CT molecular complexity index is 1070. The summed E-state index contributed by atoms with van der Waals surface area (Å²) >= 11 is 0. The molecule has 1 fully saturated rings. The van der Waals surface area contributed by atoms with Gasteiger partial charge in [0.1, 0.15) is 23.3 Å². The highest BCUT2D eigenvalue weighted by Gasteiger charge is 2.45. The molecule has 3 heterocycles. The number of hydrogen-bond donors (Lipinski definition) is 1. The zero-order chi connectivity index (χ0) is 23.8. The second-order valence-corrected chi connectivity index (χ2v) is 9.08. The van der Waals surface area contributed by atoms with Crippen molar-refractivity contribution >= 4 is 17.6 Å². The van der Waals surface area contributed by atoms with Gasteiger partial charge in [-0.2, -0.15) is 5.10 Å². The molecule has 0 spiro atoms. The van der Waals surface area contributed by atoms with Crippen molar-refractivity contribution in [3.05, 3.63) is 48.4 Å². The largest absolute Gasteiger partial charge is 0.494 e. The Labute approximate surface area is 193 Å². The number of rotatable bonds is 8. The molecule has 2 aromatic rings. The SMILES string of the molecule is CCOc1cccc(OC2=CC(=O)N([C@H]3CC(C)N(c4ccn(CC(C)(C)O)n4)C3=O)C2)c1. The van der Waals surface area contributed by atoms with Crippen LogP contribution in [0.25, 0.3) is 0 Å². The number of anilines is 1. The first kappa shape index (κ1) is 22.8. The molecule has 1 aromatic carbocycles. The smallest absolute Gasteiger partial charge is 0.251 e. The van der Waals surface area contributed by atoms with E-state index in [-0.39, 0.29) is 24.4 Å². The van der Waals surface area contributed by atoms with Crippen molar-refractivity contribution in [2.75, 3.05) is 18.1 Å². The summed E-state index contributed by atoms with van der Waals surface area (Å²) in [7, 11) is 0. The maximum Gasteiger partial charge on any atom is 0.251 e. The lowest BCUT2D eigenvalue weighted by atomic mass is 10.1. The Morgan fingerprint density at radius 2 is 1.97 bits per heavy atom. The molecule has 33 heavy (non-hydrogen) atoms. The van der Waals surface area contributed by atoms with E-state index in [4.69, 9.17) is 9.47 Å². The number of carbonyl (C=O) groups is 2. The van der Waals surface area contributed by atoms with Crippen LogP contribution in [0.15, 0.2) is 48.4 Å². The fourth-order valence-electron chi connectivity index (χ4n) is 4.25. The van der Waals surface area contributed by atoms with E-state index in [0.717, 1.165) is 0 Å². The second kappa shape index (κ2) is 8.90. The molecule has 1 unspecified atom stereocenters. The van der Waals surface area contributed by atoms with Gasteiger partial charge in [0.05, 0.1) is 25.3 Å². The Hall–Kier alpha value is -3.33. The van der Waals surface area contributed by atoms with Crippen molar-refractivity contribution in [2.24, 2.45) is 0 Å². The highest BCUT2D eigenvalue weighted by molar-refractivity contribution is 6.03. The first-order chi connectivity index (χ1) is 15.6. The predicted octanol–water partition coefficient (Wildman–Crippen LogP) is 2.35. The number of ether oxygens (including phenoxy) is 2. The van der Waals surface area contributed by atoms with Gasteiger partial charge in [-0.15, -0.1) is 0 Å². The number of aromatic nitrogens is 2. The minimum absolute atomic E-state index is 0.117. The van der Waals surface area contributed by atoms with Gasteiger partial charge in [-0.25, -0.2) is 0 Å². The maximum atomic E-state index is 13.3. The quantitative estimate of drug-likeness (QED) is 0.658. The third kappa shape index (κ3) is 5.03. The number of carbonyl (C=O) groups excluding carboxylic acids is 2. The zero-order valence-corrected chi connectivity index (χ0v) is 19.4. The van der Waals surface area contributed by atoms with Crippen LogP contribution in [0, 0.1) is 0 Å². The summed E-state index contributed by atoms with van der Waals surface area (Å²) in [5.41, 5.74) is -0.918. The summed E-state index contributed by atoms with van der Waals surface area (Å²) in [6.45, 7) is 8.34. The van der Waals surface area contributed by atoms with E-state index < -0.39 is 11.6 Å². The molecule has 2 atom stereocenters. The van der Waals surface area contributed by atoms with E-state index in [1.54, 1.807) is 52.7 Å². The normalized spacial score (nSPS) is 21.1. The average Bonchev–Trinajstić information content (AvgIpc) is 3.39. The molecular formula is C24H30N4O5. The van der Waals surface area contributed by atoms with Crippen molar-refractivity contribution in [1.82, 2.24) is 14.7 Å². The lowest BCUT2D eigenvalue weighted by Crippen LogP contribution is -2.43. The van der Waals surface area contributed by atoms with Crippen molar-refractivity contribution in [3.63, 3.8) is 0 Å². The predicted molar refractivity (Wildman–Crippen MR) is 122 cm³/mol. The Kier molecular flexibility index (Phi) is 6.16. The molecule has 0 bridgehead atoms. The topological polar surface area (TPSA) is 97.1 Å². The van der Waals surface area contributed by atoms with Crippen molar-refractivity contribution in [1.29, 1.82) is 0 Å². The maximum absolute atomic E-state index is 13.3. The van der Waals surface area contributed by atoms with E-state index in [1.165, 1.54) is 6.08 Å². The van der Waals surface area contributed by atoms with E-state index in [9.17, 15) is 14.7 Å². The van der Waals surface area contributed by atoms with Crippen LogP contribution in [0.4, 0.5) is 5.82 Å². The molecule has 1 aromatic heterocycles. The minimum atomic E-state index is -0.918. The van der Waals surface area contributed by atoms with E-state index >= 15 is 0 Å². The summed E-state index contributed by atoms with van der Waals surface area (Å²) in [6.07, 6.45) is 3.68. The van der Waals surface area contributed by atoms with Gasteiger partial charge in [0.2, 0.25) is 0 Å². The molecule has 2 aliphatic rings. The van der Waals surface area contributed by atoms with Crippen LogP contribution in [-0.2, 0) is 16.1 Å². The minimum Gasteiger partial charge on any atom is -0.494 e. The Morgan fingerprint density at radius 1 is 1.21 bits per heavy atom. The molecule has 2 aliphatic heterocycles. The molecule has 1 N–H and O–H groups in total. The molecule has 176 valence electrons. The van der Waals surface area contributed by atoms with Gasteiger partial charge in [-0.3, -0.25) is 19.2 Å². The molecule has 1 saturated heterocycles. The zero-order valence-electron chi connectivity index (χ0n) is 19.4. The van der Waals surface area contributed by atoms with Gasteiger partial charge in [0.25, 0.3) is 11.8 Å². The van der Waals surface area contributed by atoms with Gasteiger partial charge >= 0.3 is 0 Å². The first-order valence-electron chi connectivity index (χ1n) is 11.2. The lowest BCUT2D eigenvalue weighted by Gasteiger charge is -2.23. The van der Waals surface area contributed by atoms with Crippen LogP contribution in [-0.4, -0.2) is 62.4 Å². The highest BCUT2D eigenvalue weighted by atomic mass is 16.5. The summed E-state index contributed by atoms with van der Waals surface area (Å²) in [4.78, 5) is 29.2. The van der Waals surface area contributed by atoms with Crippen LogP contribution in [0.3, 0.4) is 0 Å². The molecule has 9 heteroatoms. The molecule has 0 radical (unpaired) electrons.